The van der Waals surface area contributed by atoms with Gasteiger partial charge < -0.3 is 5.32 Å². The third-order valence-electron chi connectivity index (χ3n) is 3.95. The van der Waals surface area contributed by atoms with Crippen LogP contribution in [0.2, 0.25) is 10.0 Å². The van der Waals surface area contributed by atoms with E-state index in [1.54, 1.807) is 55.5 Å². The summed E-state index contributed by atoms with van der Waals surface area (Å²) in [5.74, 6) is -0.351. The molecule has 27 heavy (non-hydrogen) atoms. The van der Waals surface area contributed by atoms with Gasteiger partial charge in [-0.3, -0.25) is 4.79 Å². The Bertz CT molecular complexity index is 1000. The Morgan fingerprint density at radius 1 is 1.07 bits per heavy atom. The Labute approximate surface area is 165 Å². The first kappa shape index (κ1) is 19.1. The summed E-state index contributed by atoms with van der Waals surface area (Å²) in [6.45, 7) is 1.80. The average molecular weight is 403 g/mol. The summed E-state index contributed by atoms with van der Waals surface area (Å²) in [7, 11) is 0. The number of nitrogens with one attached hydrogen (secondary N) is 1. The number of amides is 1. The van der Waals surface area contributed by atoms with E-state index in [1.807, 2.05) is 0 Å². The molecule has 1 amide bonds. The normalized spacial score (nSPS) is 11.8. The lowest BCUT2D eigenvalue weighted by Gasteiger charge is -2.16. The molecule has 0 spiro atoms. The fourth-order valence-corrected chi connectivity index (χ4v) is 2.80. The zero-order valence-corrected chi connectivity index (χ0v) is 15.9. The van der Waals surface area contributed by atoms with Crippen LogP contribution in [0.4, 0.5) is 5.69 Å². The topological polar surface area (TPSA) is 76.9 Å². The zero-order chi connectivity index (χ0) is 19.4. The highest BCUT2D eigenvalue weighted by molar-refractivity contribution is 6.30. The molecule has 1 unspecified atom stereocenters. The highest BCUT2D eigenvalue weighted by atomic mass is 35.5. The van der Waals surface area contributed by atoms with Gasteiger partial charge in [-0.05, 0) is 42.8 Å². The highest BCUT2D eigenvalue weighted by Crippen LogP contribution is 2.19. The Kier molecular flexibility index (Phi) is 5.88. The molecule has 8 heteroatoms. The highest BCUT2D eigenvalue weighted by Gasteiger charge is 2.22. The van der Waals surface area contributed by atoms with E-state index in [1.165, 1.54) is 6.20 Å². The first-order chi connectivity index (χ1) is 13.0. The predicted molar refractivity (Wildman–Crippen MR) is 106 cm³/mol. The smallest absolute Gasteiger partial charge is 0.324 e. The van der Waals surface area contributed by atoms with E-state index >= 15 is 0 Å². The molecule has 0 saturated heterocycles. The van der Waals surface area contributed by atoms with Crippen molar-refractivity contribution < 1.29 is 4.79 Å². The molecule has 0 fully saturated rings. The van der Waals surface area contributed by atoms with Crippen LogP contribution in [-0.2, 0) is 4.79 Å². The zero-order valence-electron chi connectivity index (χ0n) is 14.4. The van der Waals surface area contributed by atoms with Gasteiger partial charge in [0.05, 0.1) is 11.9 Å². The first-order valence-corrected chi connectivity index (χ1v) is 9.01. The molecule has 1 aromatic heterocycles. The van der Waals surface area contributed by atoms with Crippen LogP contribution in [0.1, 0.15) is 19.4 Å². The maximum atomic E-state index is 12.6. The summed E-state index contributed by atoms with van der Waals surface area (Å²) >= 11 is 11.7. The summed E-state index contributed by atoms with van der Waals surface area (Å²) in [4.78, 5) is 29.1. The summed E-state index contributed by atoms with van der Waals surface area (Å²) in [6, 6.07) is 12.9. The summed E-state index contributed by atoms with van der Waals surface area (Å²) in [5, 5.41) is 8.07. The molecule has 0 aliphatic heterocycles. The third kappa shape index (κ3) is 4.53. The summed E-state index contributed by atoms with van der Waals surface area (Å²) in [5.41, 5.74) is 1.12. The molecular formula is C19H16Cl2N4O2. The van der Waals surface area contributed by atoms with Crippen molar-refractivity contribution in [1.82, 2.24) is 14.8 Å². The van der Waals surface area contributed by atoms with Gasteiger partial charge in [-0.1, -0.05) is 42.3 Å². The van der Waals surface area contributed by atoms with Crippen molar-refractivity contribution in [2.45, 2.75) is 19.4 Å². The van der Waals surface area contributed by atoms with Crippen LogP contribution in [0.25, 0.3) is 11.3 Å². The van der Waals surface area contributed by atoms with Gasteiger partial charge in [-0.15, -0.1) is 0 Å². The lowest BCUT2D eigenvalue weighted by molar-refractivity contribution is -0.119. The largest absolute Gasteiger partial charge is 0.365 e. The Morgan fingerprint density at radius 2 is 1.67 bits per heavy atom. The summed E-state index contributed by atoms with van der Waals surface area (Å²) < 4.78 is 1.09. The van der Waals surface area contributed by atoms with E-state index in [4.69, 9.17) is 23.2 Å². The summed E-state index contributed by atoms with van der Waals surface area (Å²) in [6.07, 6.45) is 1.84. The van der Waals surface area contributed by atoms with Gasteiger partial charge in [0.25, 0.3) is 0 Å². The van der Waals surface area contributed by atoms with Crippen molar-refractivity contribution in [3.63, 3.8) is 0 Å². The van der Waals surface area contributed by atoms with Crippen LogP contribution in [-0.4, -0.2) is 20.7 Å². The molecule has 3 aromatic rings. The van der Waals surface area contributed by atoms with Crippen molar-refractivity contribution in [3.8, 4) is 11.3 Å². The number of hydrogen-bond donors (Lipinski definition) is 1. The fraction of sp³-hybridized carbons (Fsp3) is 0.158. The second kappa shape index (κ2) is 8.33. The molecule has 0 aliphatic carbocycles. The number of anilines is 1. The van der Waals surface area contributed by atoms with Gasteiger partial charge in [-0.25, -0.2) is 9.48 Å². The molecule has 3 rings (SSSR count). The quantitative estimate of drug-likeness (QED) is 0.693. The average Bonchev–Trinajstić information content (AvgIpc) is 2.66. The van der Waals surface area contributed by atoms with Crippen molar-refractivity contribution in [2.75, 3.05) is 5.32 Å². The number of nitrogens with zero attached hydrogens (tertiary/aromatic N) is 3. The Hall–Kier alpha value is -2.70. The molecule has 1 heterocycles. The standard InChI is InChI=1S/C19H16Cl2N4O2/c1-2-17(18(26)23-15-9-7-14(21)8-10-15)25-19(27)24-16(11-22-25)12-3-5-13(20)6-4-12/h3-11,17H,2H2,1H3,(H,23,26). The van der Waals surface area contributed by atoms with E-state index in [0.717, 1.165) is 10.2 Å². The van der Waals surface area contributed by atoms with E-state index in [9.17, 15) is 9.59 Å². The lowest BCUT2D eigenvalue weighted by atomic mass is 10.2. The molecule has 1 N–H and O–H groups in total. The number of aromatic nitrogens is 3. The van der Waals surface area contributed by atoms with Gasteiger partial charge in [-0.2, -0.15) is 10.1 Å². The lowest BCUT2D eigenvalue weighted by Crippen LogP contribution is -2.36. The number of benzene rings is 2. The second-order valence-corrected chi connectivity index (χ2v) is 6.67. The van der Waals surface area contributed by atoms with Crippen molar-refractivity contribution in [2.24, 2.45) is 0 Å². The minimum absolute atomic E-state index is 0.351. The number of hydrogen-bond acceptors (Lipinski definition) is 4. The monoisotopic (exact) mass is 402 g/mol. The van der Waals surface area contributed by atoms with Gasteiger partial charge in [0.15, 0.2) is 0 Å². The minimum Gasteiger partial charge on any atom is -0.324 e. The molecule has 0 radical (unpaired) electrons. The predicted octanol–water partition coefficient (Wildman–Crippen LogP) is 4.20. The van der Waals surface area contributed by atoms with Gasteiger partial charge in [0, 0.05) is 21.3 Å². The van der Waals surface area contributed by atoms with Crippen molar-refractivity contribution >= 4 is 34.8 Å². The van der Waals surface area contributed by atoms with Crippen molar-refractivity contribution in [3.05, 3.63) is 75.3 Å². The first-order valence-electron chi connectivity index (χ1n) is 8.26. The maximum absolute atomic E-state index is 12.6. The molecule has 0 saturated carbocycles. The van der Waals surface area contributed by atoms with Crippen LogP contribution in [0.3, 0.4) is 0 Å². The number of rotatable bonds is 5. The van der Waals surface area contributed by atoms with E-state index in [0.29, 0.717) is 27.8 Å². The van der Waals surface area contributed by atoms with E-state index < -0.39 is 11.7 Å². The van der Waals surface area contributed by atoms with Crippen LogP contribution in [0, 0.1) is 0 Å². The van der Waals surface area contributed by atoms with Gasteiger partial charge >= 0.3 is 5.69 Å². The Balaban J connectivity index is 1.84. The van der Waals surface area contributed by atoms with E-state index in [2.05, 4.69) is 15.4 Å². The fourth-order valence-electron chi connectivity index (χ4n) is 2.55. The minimum atomic E-state index is -0.778. The van der Waals surface area contributed by atoms with Crippen molar-refractivity contribution in [1.29, 1.82) is 0 Å². The van der Waals surface area contributed by atoms with Gasteiger partial charge in [0.1, 0.15) is 6.04 Å². The maximum Gasteiger partial charge on any atom is 0.365 e. The molecule has 1 atom stereocenters. The molecule has 0 aliphatic rings. The van der Waals surface area contributed by atoms with Crippen LogP contribution >= 0.6 is 23.2 Å². The van der Waals surface area contributed by atoms with Crippen LogP contribution in [0.15, 0.2) is 59.5 Å². The number of carbonyl (C=O) groups excluding carboxylic acids is 1. The molecule has 0 bridgehead atoms. The molecule has 2 aromatic carbocycles. The third-order valence-corrected chi connectivity index (χ3v) is 4.46. The van der Waals surface area contributed by atoms with Crippen LogP contribution < -0.4 is 11.0 Å². The number of carbonyl (C=O) groups is 1. The number of halogens is 2. The SMILES string of the molecule is CCC(C(=O)Nc1ccc(Cl)cc1)n1ncc(-c2ccc(Cl)cc2)nc1=O. The molecule has 6 nitrogen and oxygen atoms in total. The van der Waals surface area contributed by atoms with Crippen LogP contribution in [0.5, 0.6) is 0 Å². The molecule has 138 valence electrons. The van der Waals surface area contributed by atoms with E-state index in [-0.39, 0.29) is 5.91 Å². The van der Waals surface area contributed by atoms with Gasteiger partial charge in [0.2, 0.25) is 5.91 Å². The molecular weight excluding hydrogens is 387 g/mol. The second-order valence-electron chi connectivity index (χ2n) is 5.80. The Morgan fingerprint density at radius 3 is 2.22 bits per heavy atom.